The highest BCUT2D eigenvalue weighted by atomic mass is 35.5. The van der Waals surface area contributed by atoms with Crippen LogP contribution in [0, 0.1) is 6.92 Å². The van der Waals surface area contributed by atoms with Gasteiger partial charge in [-0.2, -0.15) is 5.10 Å². The minimum Gasteiger partial charge on any atom is -0.305 e. The first-order valence-corrected chi connectivity index (χ1v) is 5.03. The average Bonchev–Trinajstić information content (AvgIpc) is 2.48. The summed E-state index contributed by atoms with van der Waals surface area (Å²) in [6.45, 7) is 3.96. The molecule has 0 aromatic carbocycles. The van der Waals surface area contributed by atoms with Crippen LogP contribution < -0.4 is 5.43 Å². The summed E-state index contributed by atoms with van der Waals surface area (Å²) in [5, 5.41) is 4.09. The lowest BCUT2D eigenvalue weighted by atomic mass is 10.1. The zero-order valence-electron chi connectivity index (χ0n) is 8.16. The van der Waals surface area contributed by atoms with Crippen molar-refractivity contribution in [2.45, 2.75) is 25.3 Å². The molecule has 3 nitrogen and oxygen atoms in total. The number of halogens is 1. The van der Waals surface area contributed by atoms with Crippen molar-refractivity contribution in [3.8, 4) is 0 Å². The normalized spacial score (nSPS) is 25.8. The summed E-state index contributed by atoms with van der Waals surface area (Å²) in [6, 6.07) is 6.03. The Labute approximate surface area is 88.2 Å². The molecule has 14 heavy (non-hydrogen) atoms. The largest absolute Gasteiger partial charge is 0.305 e. The minimum absolute atomic E-state index is 0.0932. The molecule has 1 N–H and O–H groups in total. The number of rotatable bonds is 1. The second-order valence-electron chi connectivity index (χ2n) is 3.48. The van der Waals surface area contributed by atoms with Gasteiger partial charge in [-0.15, -0.1) is 11.6 Å². The van der Waals surface area contributed by atoms with Crippen LogP contribution in [0.25, 0.3) is 0 Å². The SMILES string of the molecule is Cc1cccc(C2=NNC(C)C2Cl)n1. The molecule has 0 amide bonds. The first-order chi connectivity index (χ1) is 6.68. The van der Waals surface area contributed by atoms with Crippen LogP contribution in [-0.4, -0.2) is 22.1 Å². The number of aryl methyl sites for hydroxylation is 1. The van der Waals surface area contributed by atoms with Crippen molar-refractivity contribution in [1.82, 2.24) is 10.4 Å². The van der Waals surface area contributed by atoms with Gasteiger partial charge in [0.25, 0.3) is 0 Å². The lowest BCUT2D eigenvalue weighted by molar-refractivity contribution is 0.639. The number of hydrogen-bond donors (Lipinski definition) is 1. The van der Waals surface area contributed by atoms with Crippen LogP contribution in [0.15, 0.2) is 23.3 Å². The van der Waals surface area contributed by atoms with E-state index in [-0.39, 0.29) is 11.4 Å². The molecule has 0 saturated carbocycles. The van der Waals surface area contributed by atoms with Crippen LogP contribution in [0.3, 0.4) is 0 Å². The van der Waals surface area contributed by atoms with Crippen molar-refractivity contribution in [3.63, 3.8) is 0 Å². The Kier molecular flexibility index (Phi) is 2.42. The lowest BCUT2D eigenvalue weighted by Gasteiger charge is -2.08. The van der Waals surface area contributed by atoms with E-state index in [0.29, 0.717) is 0 Å². The summed E-state index contributed by atoms with van der Waals surface area (Å²) < 4.78 is 0. The lowest BCUT2D eigenvalue weighted by Crippen LogP contribution is -2.27. The number of nitrogens with one attached hydrogen (secondary N) is 1. The van der Waals surface area contributed by atoms with Crippen molar-refractivity contribution in [3.05, 3.63) is 29.6 Å². The van der Waals surface area contributed by atoms with Crippen LogP contribution in [0.1, 0.15) is 18.3 Å². The molecule has 1 aliphatic heterocycles. The molecule has 1 aromatic heterocycles. The molecule has 2 heterocycles. The van der Waals surface area contributed by atoms with Crippen molar-refractivity contribution in [2.24, 2.45) is 5.10 Å². The molecule has 0 fully saturated rings. The Balaban J connectivity index is 2.32. The van der Waals surface area contributed by atoms with E-state index in [1.54, 1.807) is 0 Å². The number of hydrazone groups is 1. The molecule has 0 aliphatic carbocycles. The topological polar surface area (TPSA) is 37.3 Å². The van der Waals surface area contributed by atoms with E-state index in [0.717, 1.165) is 17.1 Å². The van der Waals surface area contributed by atoms with Gasteiger partial charge < -0.3 is 5.43 Å². The zero-order chi connectivity index (χ0) is 10.1. The highest BCUT2D eigenvalue weighted by Gasteiger charge is 2.27. The maximum atomic E-state index is 6.18. The van der Waals surface area contributed by atoms with E-state index in [1.165, 1.54) is 0 Å². The molecule has 0 saturated heterocycles. The second kappa shape index (κ2) is 3.58. The Morgan fingerprint density at radius 2 is 2.21 bits per heavy atom. The second-order valence-corrected chi connectivity index (χ2v) is 3.95. The van der Waals surface area contributed by atoms with Crippen LogP contribution in [0.5, 0.6) is 0 Å². The number of aromatic nitrogens is 1. The molecule has 0 bridgehead atoms. The van der Waals surface area contributed by atoms with E-state index in [1.807, 2.05) is 32.0 Å². The average molecular weight is 210 g/mol. The third-order valence-corrected chi connectivity index (χ3v) is 2.82. The fraction of sp³-hybridized carbons (Fsp3) is 0.400. The zero-order valence-corrected chi connectivity index (χ0v) is 8.92. The number of nitrogens with zero attached hydrogens (tertiary/aromatic N) is 2. The molecular weight excluding hydrogens is 198 g/mol. The van der Waals surface area contributed by atoms with Crippen LogP contribution in [-0.2, 0) is 0 Å². The van der Waals surface area contributed by atoms with Crippen LogP contribution in [0.4, 0.5) is 0 Å². The first kappa shape index (κ1) is 9.46. The van der Waals surface area contributed by atoms with Gasteiger partial charge in [0.1, 0.15) is 11.1 Å². The Bertz CT molecular complexity index is 375. The van der Waals surface area contributed by atoms with Gasteiger partial charge in [0, 0.05) is 5.69 Å². The fourth-order valence-corrected chi connectivity index (χ4v) is 1.64. The highest BCUT2D eigenvalue weighted by molar-refractivity contribution is 6.35. The molecule has 0 spiro atoms. The molecule has 2 rings (SSSR count). The Hall–Kier alpha value is -1.09. The van der Waals surface area contributed by atoms with Crippen molar-refractivity contribution in [1.29, 1.82) is 0 Å². The van der Waals surface area contributed by atoms with E-state index in [2.05, 4.69) is 15.5 Å². The first-order valence-electron chi connectivity index (χ1n) is 4.59. The van der Waals surface area contributed by atoms with Gasteiger partial charge in [-0.1, -0.05) is 6.07 Å². The molecule has 2 unspecified atom stereocenters. The summed E-state index contributed by atoms with van der Waals surface area (Å²) in [5.41, 5.74) is 5.63. The predicted octanol–water partition coefficient (Wildman–Crippen LogP) is 1.69. The van der Waals surface area contributed by atoms with E-state index < -0.39 is 0 Å². The maximum absolute atomic E-state index is 6.18. The molecule has 2 atom stereocenters. The Morgan fingerprint density at radius 1 is 1.43 bits per heavy atom. The molecule has 0 radical (unpaired) electrons. The molecule has 1 aromatic rings. The summed E-state index contributed by atoms with van der Waals surface area (Å²) >= 11 is 6.18. The monoisotopic (exact) mass is 209 g/mol. The minimum atomic E-state index is -0.0932. The van der Waals surface area contributed by atoms with Crippen molar-refractivity contribution >= 4 is 17.3 Å². The van der Waals surface area contributed by atoms with E-state index >= 15 is 0 Å². The van der Waals surface area contributed by atoms with Crippen molar-refractivity contribution < 1.29 is 0 Å². The summed E-state index contributed by atoms with van der Waals surface area (Å²) in [4.78, 5) is 4.38. The fourth-order valence-electron chi connectivity index (χ4n) is 1.42. The standard InChI is InChI=1S/C10H12ClN3/c1-6-4-3-5-8(12-6)10-9(11)7(2)13-14-10/h3-5,7,9,13H,1-2H3. The van der Waals surface area contributed by atoms with Gasteiger partial charge in [0.2, 0.25) is 0 Å². The third-order valence-electron chi connectivity index (χ3n) is 2.24. The third kappa shape index (κ3) is 1.60. The van der Waals surface area contributed by atoms with Crippen LogP contribution >= 0.6 is 11.6 Å². The molecular formula is C10H12ClN3. The number of alkyl halides is 1. The molecule has 1 aliphatic rings. The molecule has 4 heteroatoms. The van der Waals surface area contributed by atoms with Crippen molar-refractivity contribution in [2.75, 3.05) is 0 Å². The predicted molar refractivity (Wildman–Crippen MR) is 57.7 cm³/mol. The number of hydrogen-bond acceptors (Lipinski definition) is 3. The smallest absolute Gasteiger partial charge is 0.106 e. The van der Waals surface area contributed by atoms with Gasteiger partial charge in [0.15, 0.2) is 0 Å². The summed E-state index contributed by atoms with van der Waals surface area (Å²) in [7, 11) is 0. The van der Waals surface area contributed by atoms with E-state index in [4.69, 9.17) is 11.6 Å². The summed E-state index contributed by atoms with van der Waals surface area (Å²) in [5.74, 6) is 0. The quantitative estimate of drug-likeness (QED) is 0.715. The molecule has 74 valence electrons. The van der Waals surface area contributed by atoms with E-state index in [9.17, 15) is 0 Å². The number of pyridine rings is 1. The van der Waals surface area contributed by atoms with Gasteiger partial charge in [-0.3, -0.25) is 4.98 Å². The summed E-state index contributed by atoms with van der Waals surface area (Å²) in [6.07, 6.45) is 0. The Morgan fingerprint density at radius 3 is 2.79 bits per heavy atom. The maximum Gasteiger partial charge on any atom is 0.106 e. The van der Waals surface area contributed by atoms with Gasteiger partial charge >= 0.3 is 0 Å². The van der Waals surface area contributed by atoms with Gasteiger partial charge in [0.05, 0.1) is 11.7 Å². The van der Waals surface area contributed by atoms with Crippen LogP contribution in [0.2, 0.25) is 0 Å². The highest BCUT2D eigenvalue weighted by Crippen LogP contribution is 2.16. The van der Waals surface area contributed by atoms with Gasteiger partial charge in [-0.25, -0.2) is 0 Å². The van der Waals surface area contributed by atoms with Gasteiger partial charge in [-0.05, 0) is 26.0 Å².